The number of aromatic nitrogens is 3. The molecule has 2 aromatic heterocycles. The van der Waals surface area contributed by atoms with E-state index < -0.39 is 0 Å². The maximum Gasteiger partial charge on any atom is 0.254 e. The molecule has 4 rings (SSSR count). The van der Waals surface area contributed by atoms with Crippen molar-refractivity contribution in [2.45, 2.75) is 12.8 Å². The van der Waals surface area contributed by atoms with Crippen LogP contribution < -0.4 is 15.4 Å². The highest BCUT2D eigenvalue weighted by Crippen LogP contribution is 2.27. The Morgan fingerprint density at radius 2 is 1.94 bits per heavy atom. The second kappa shape index (κ2) is 9.32. The summed E-state index contributed by atoms with van der Waals surface area (Å²) in [6.07, 6.45) is 4.59. The van der Waals surface area contributed by atoms with Crippen molar-refractivity contribution < 1.29 is 14.3 Å². The van der Waals surface area contributed by atoms with Gasteiger partial charge in [0.15, 0.2) is 5.78 Å². The maximum absolute atomic E-state index is 13.3. The smallest absolute Gasteiger partial charge is 0.254 e. The van der Waals surface area contributed by atoms with E-state index in [4.69, 9.17) is 10.5 Å². The molecule has 1 saturated heterocycles. The van der Waals surface area contributed by atoms with Crippen LogP contribution in [0.2, 0.25) is 0 Å². The van der Waals surface area contributed by atoms with E-state index in [0.29, 0.717) is 42.3 Å². The van der Waals surface area contributed by atoms with Crippen molar-refractivity contribution >= 4 is 23.3 Å². The van der Waals surface area contributed by atoms with Gasteiger partial charge >= 0.3 is 0 Å². The summed E-state index contributed by atoms with van der Waals surface area (Å²) in [5.74, 6) is 1.21. The molecule has 1 unspecified atom stereocenters. The predicted octanol–water partition coefficient (Wildman–Crippen LogP) is 2.66. The number of nitrogens with two attached hydrogens (primary N) is 1. The van der Waals surface area contributed by atoms with Gasteiger partial charge in [0.1, 0.15) is 17.4 Å². The van der Waals surface area contributed by atoms with E-state index in [1.54, 1.807) is 30.3 Å². The zero-order valence-corrected chi connectivity index (χ0v) is 19.1. The van der Waals surface area contributed by atoms with E-state index >= 15 is 0 Å². The van der Waals surface area contributed by atoms with Gasteiger partial charge in [-0.25, -0.2) is 9.67 Å². The number of pyridine rings is 1. The molecule has 1 fully saturated rings. The van der Waals surface area contributed by atoms with Crippen LogP contribution in [0.25, 0.3) is 5.69 Å². The van der Waals surface area contributed by atoms with Gasteiger partial charge in [-0.3, -0.25) is 9.59 Å². The lowest BCUT2D eigenvalue weighted by Gasteiger charge is -2.32. The second-order valence-electron chi connectivity index (χ2n) is 8.31. The number of anilines is 2. The Morgan fingerprint density at radius 3 is 2.64 bits per heavy atom. The molecule has 3 heterocycles. The van der Waals surface area contributed by atoms with E-state index in [1.807, 2.05) is 43.3 Å². The first-order valence-corrected chi connectivity index (χ1v) is 10.8. The first-order valence-electron chi connectivity index (χ1n) is 10.8. The third-order valence-corrected chi connectivity index (χ3v) is 5.92. The van der Waals surface area contributed by atoms with Crippen LogP contribution in [-0.4, -0.2) is 65.6 Å². The van der Waals surface area contributed by atoms with Crippen LogP contribution in [0, 0.1) is 5.92 Å². The number of hydrogen-bond donors (Lipinski definition) is 1. The number of nitrogens with zero attached hydrogens (tertiary/aromatic N) is 5. The minimum absolute atomic E-state index is 0.0894. The monoisotopic (exact) mass is 448 g/mol. The van der Waals surface area contributed by atoms with E-state index in [9.17, 15) is 9.59 Å². The summed E-state index contributed by atoms with van der Waals surface area (Å²) in [5, 5.41) is 4.32. The van der Waals surface area contributed by atoms with Crippen LogP contribution in [-0.2, 0) is 0 Å². The standard InChI is InChI=1S/C24H28N6O3/c1-28(2)21-13-16(10-11-26-21)24(32)29-12-4-5-17(15-29)22(31)20-14-27-30(23(20)25)18-6-8-19(33-3)9-7-18/h6-11,13-14,17H,4-5,12,15,25H2,1-3H3. The van der Waals surface area contributed by atoms with Crippen LogP contribution in [0.15, 0.2) is 48.8 Å². The van der Waals surface area contributed by atoms with Crippen molar-refractivity contribution in [1.29, 1.82) is 0 Å². The number of ether oxygens (including phenoxy) is 1. The van der Waals surface area contributed by atoms with Crippen molar-refractivity contribution in [1.82, 2.24) is 19.7 Å². The van der Waals surface area contributed by atoms with Gasteiger partial charge in [0.2, 0.25) is 0 Å². The number of amides is 1. The highest BCUT2D eigenvalue weighted by Gasteiger charge is 2.31. The zero-order valence-electron chi connectivity index (χ0n) is 19.1. The summed E-state index contributed by atoms with van der Waals surface area (Å²) < 4.78 is 6.72. The van der Waals surface area contributed by atoms with Crippen LogP contribution in [0.1, 0.15) is 33.6 Å². The number of carbonyl (C=O) groups excluding carboxylic acids is 2. The molecule has 1 amide bonds. The molecule has 0 spiro atoms. The van der Waals surface area contributed by atoms with E-state index in [-0.39, 0.29) is 17.6 Å². The molecule has 1 aromatic carbocycles. The Bertz CT molecular complexity index is 1160. The molecule has 0 saturated carbocycles. The molecule has 0 bridgehead atoms. The van der Waals surface area contributed by atoms with Gasteiger partial charge in [-0.05, 0) is 49.2 Å². The van der Waals surface area contributed by atoms with E-state index in [2.05, 4.69) is 10.1 Å². The summed E-state index contributed by atoms with van der Waals surface area (Å²) >= 11 is 0. The highest BCUT2D eigenvalue weighted by atomic mass is 16.5. The molecule has 0 aliphatic carbocycles. The number of carbonyl (C=O) groups is 2. The van der Waals surface area contributed by atoms with Crippen molar-refractivity contribution in [3.8, 4) is 11.4 Å². The SMILES string of the molecule is COc1ccc(-n2ncc(C(=O)C3CCCN(C(=O)c4ccnc(N(C)C)c4)C3)c2N)cc1. The molecule has 1 aliphatic rings. The van der Waals surface area contributed by atoms with Crippen LogP contribution in [0.4, 0.5) is 11.6 Å². The summed E-state index contributed by atoms with van der Waals surface area (Å²) in [6.45, 7) is 0.966. The van der Waals surface area contributed by atoms with Crippen molar-refractivity contribution in [2.24, 2.45) is 5.92 Å². The molecule has 3 aromatic rings. The summed E-state index contributed by atoms with van der Waals surface area (Å²) in [6, 6.07) is 10.7. The van der Waals surface area contributed by atoms with E-state index in [1.165, 1.54) is 10.9 Å². The lowest BCUT2D eigenvalue weighted by molar-refractivity contribution is 0.0637. The Kier molecular flexibility index (Phi) is 6.30. The Hall–Kier alpha value is -3.88. The third-order valence-electron chi connectivity index (χ3n) is 5.92. The number of benzene rings is 1. The van der Waals surface area contributed by atoms with Crippen molar-refractivity contribution in [3.63, 3.8) is 0 Å². The van der Waals surface area contributed by atoms with Crippen molar-refractivity contribution in [2.75, 3.05) is 44.9 Å². The predicted molar refractivity (Wildman–Crippen MR) is 126 cm³/mol. The number of methoxy groups -OCH3 is 1. The first-order chi connectivity index (χ1) is 15.9. The molecule has 9 heteroatoms. The quantitative estimate of drug-likeness (QED) is 0.578. The molecule has 9 nitrogen and oxygen atoms in total. The fourth-order valence-electron chi connectivity index (χ4n) is 4.05. The van der Waals surface area contributed by atoms with Crippen LogP contribution in [0.3, 0.4) is 0 Å². The Morgan fingerprint density at radius 1 is 1.18 bits per heavy atom. The fourth-order valence-corrected chi connectivity index (χ4v) is 4.05. The molecule has 172 valence electrons. The van der Waals surface area contributed by atoms with E-state index in [0.717, 1.165) is 17.9 Å². The van der Waals surface area contributed by atoms with Crippen LogP contribution in [0.5, 0.6) is 5.75 Å². The lowest BCUT2D eigenvalue weighted by Crippen LogP contribution is -2.42. The largest absolute Gasteiger partial charge is 0.497 e. The molecule has 2 N–H and O–H groups in total. The molecule has 1 atom stereocenters. The number of hydrogen-bond acceptors (Lipinski definition) is 7. The average molecular weight is 449 g/mol. The molecular weight excluding hydrogens is 420 g/mol. The fraction of sp³-hybridized carbons (Fsp3) is 0.333. The number of nitrogen functional groups attached to an aromatic ring is 1. The Labute approximate surface area is 192 Å². The normalized spacial score (nSPS) is 15.8. The number of ketones is 1. The number of likely N-dealkylation sites (tertiary alicyclic amines) is 1. The minimum Gasteiger partial charge on any atom is -0.497 e. The maximum atomic E-state index is 13.3. The van der Waals surface area contributed by atoms with Gasteiger partial charge in [-0.1, -0.05) is 0 Å². The number of Topliss-reactive ketones (excluding diaryl/α,β-unsaturated/α-hetero) is 1. The minimum atomic E-state index is -0.325. The lowest BCUT2D eigenvalue weighted by atomic mass is 9.90. The molecule has 0 radical (unpaired) electrons. The summed E-state index contributed by atoms with van der Waals surface area (Å²) in [7, 11) is 5.35. The zero-order chi connectivity index (χ0) is 23.5. The first kappa shape index (κ1) is 22.3. The topological polar surface area (TPSA) is 107 Å². The average Bonchev–Trinajstić information content (AvgIpc) is 3.24. The van der Waals surface area contributed by atoms with Crippen LogP contribution >= 0.6 is 0 Å². The van der Waals surface area contributed by atoms with Gasteiger partial charge in [0.25, 0.3) is 5.91 Å². The molecular formula is C24H28N6O3. The summed E-state index contributed by atoms with van der Waals surface area (Å²) in [5.41, 5.74) is 7.98. The second-order valence-corrected chi connectivity index (χ2v) is 8.31. The highest BCUT2D eigenvalue weighted by molar-refractivity contribution is 6.02. The van der Waals surface area contributed by atoms with Gasteiger partial charge < -0.3 is 20.3 Å². The third kappa shape index (κ3) is 4.52. The molecule has 33 heavy (non-hydrogen) atoms. The number of piperidine rings is 1. The molecule has 1 aliphatic heterocycles. The summed E-state index contributed by atoms with van der Waals surface area (Å²) in [4.78, 5) is 34.3. The number of rotatable bonds is 6. The van der Waals surface area contributed by atoms with Gasteiger partial charge in [0.05, 0.1) is 24.6 Å². The Balaban J connectivity index is 1.50. The van der Waals surface area contributed by atoms with Gasteiger partial charge in [-0.2, -0.15) is 5.10 Å². The van der Waals surface area contributed by atoms with Crippen molar-refractivity contribution in [3.05, 3.63) is 59.9 Å². The van der Waals surface area contributed by atoms with Gasteiger partial charge in [0, 0.05) is 44.9 Å². The van der Waals surface area contributed by atoms with Gasteiger partial charge in [-0.15, -0.1) is 0 Å².